The van der Waals surface area contributed by atoms with Gasteiger partial charge in [-0.3, -0.25) is 10.2 Å². The van der Waals surface area contributed by atoms with Gasteiger partial charge in [0.2, 0.25) is 0 Å². The van der Waals surface area contributed by atoms with Gasteiger partial charge in [-0.25, -0.2) is 4.39 Å². The van der Waals surface area contributed by atoms with Crippen molar-refractivity contribution in [2.24, 2.45) is 5.73 Å². The van der Waals surface area contributed by atoms with Crippen LogP contribution in [0.4, 0.5) is 4.39 Å². The zero-order valence-electron chi connectivity index (χ0n) is 18.2. The number of benzene rings is 3. The summed E-state index contributed by atoms with van der Waals surface area (Å²) in [5.74, 6) is -0.203. The Labute approximate surface area is 187 Å². The second-order valence-corrected chi connectivity index (χ2v) is 7.71. The summed E-state index contributed by atoms with van der Waals surface area (Å²) in [6.45, 7) is 3.97. The Hall–Kier alpha value is -3.51. The number of carbonyl (C=O) groups is 1. The van der Waals surface area contributed by atoms with E-state index in [0.29, 0.717) is 23.3 Å². The molecule has 0 aliphatic heterocycles. The van der Waals surface area contributed by atoms with Crippen LogP contribution < -0.4 is 10.5 Å². The van der Waals surface area contributed by atoms with E-state index in [1.165, 1.54) is 18.2 Å². The van der Waals surface area contributed by atoms with Gasteiger partial charge in [0.25, 0.3) is 0 Å². The molecule has 0 fully saturated rings. The van der Waals surface area contributed by atoms with E-state index < -0.39 is 11.9 Å². The molecule has 3 rings (SSSR count). The standard InChI is InChI=1S/C26H27FN2O3/c1-3-4-20-13-19(16(2)30)10-12-24(20)32-15-17-5-7-18(8-6-17)25(31)21-9-11-23(27)22(14-21)26(28)29/h5-14,25,31H,3-4,15H2,1-2H3,(H3,28,29). The molecular formula is C26H27FN2O3. The minimum atomic E-state index is -0.973. The Kier molecular flexibility index (Phi) is 7.38. The number of halogens is 1. The monoisotopic (exact) mass is 434 g/mol. The number of nitrogen functional groups attached to an aromatic ring is 1. The lowest BCUT2D eigenvalue weighted by atomic mass is 9.98. The number of rotatable bonds is 9. The van der Waals surface area contributed by atoms with Gasteiger partial charge in [0.1, 0.15) is 30.1 Å². The second-order valence-electron chi connectivity index (χ2n) is 7.71. The van der Waals surface area contributed by atoms with E-state index in [0.717, 1.165) is 29.7 Å². The predicted molar refractivity (Wildman–Crippen MR) is 123 cm³/mol. The molecule has 0 spiro atoms. The largest absolute Gasteiger partial charge is 0.489 e. The number of carbonyl (C=O) groups excluding carboxylic acids is 1. The van der Waals surface area contributed by atoms with Gasteiger partial charge in [0.15, 0.2) is 5.78 Å². The third-order valence-corrected chi connectivity index (χ3v) is 5.27. The number of aryl methyl sites for hydroxylation is 1. The second kappa shape index (κ2) is 10.2. The van der Waals surface area contributed by atoms with E-state index in [4.69, 9.17) is 15.9 Å². The summed E-state index contributed by atoms with van der Waals surface area (Å²) < 4.78 is 19.8. The van der Waals surface area contributed by atoms with Crippen molar-refractivity contribution in [3.8, 4) is 5.75 Å². The number of aliphatic hydroxyl groups excluding tert-OH is 1. The highest BCUT2D eigenvalue weighted by Crippen LogP contribution is 2.26. The lowest BCUT2D eigenvalue weighted by Gasteiger charge is -2.15. The van der Waals surface area contributed by atoms with Crippen LogP contribution in [0.15, 0.2) is 60.7 Å². The lowest BCUT2D eigenvalue weighted by molar-refractivity contribution is 0.101. The number of amidine groups is 1. The summed E-state index contributed by atoms with van der Waals surface area (Å²) in [4.78, 5) is 11.7. The van der Waals surface area contributed by atoms with Crippen LogP contribution in [0.25, 0.3) is 0 Å². The smallest absolute Gasteiger partial charge is 0.159 e. The van der Waals surface area contributed by atoms with Gasteiger partial charge >= 0.3 is 0 Å². The van der Waals surface area contributed by atoms with Crippen molar-refractivity contribution < 1.29 is 19.0 Å². The molecule has 5 nitrogen and oxygen atoms in total. The molecule has 0 saturated carbocycles. The predicted octanol–water partition coefficient (Wildman–Crippen LogP) is 4.93. The summed E-state index contributed by atoms with van der Waals surface area (Å²) in [5, 5.41) is 18.1. The number of Topliss-reactive ketones (excluding diaryl/α,β-unsaturated/α-hetero) is 1. The first kappa shape index (κ1) is 23.2. The quantitative estimate of drug-likeness (QED) is 0.253. The summed E-state index contributed by atoms with van der Waals surface area (Å²) in [5.41, 5.74) is 9.05. The summed E-state index contributed by atoms with van der Waals surface area (Å²) >= 11 is 0. The van der Waals surface area contributed by atoms with Crippen LogP contribution in [0.2, 0.25) is 0 Å². The minimum absolute atomic E-state index is 0.0274. The molecule has 0 aliphatic rings. The molecule has 4 N–H and O–H groups in total. The van der Waals surface area contributed by atoms with Gasteiger partial charge in [-0.05, 0) is 65.9 Å². The molecule has 32 heavy (non-hydrogen) atoms. The topological polar surface area (TPSA) is 96.4 Å². The van der Waals surface area contributed by atoms with Gasteiger partial charge in [-0.15, -0.1) is 0 Å². The maximum Gasteiger partial charge on any atom is 0.159 e. The fraction of sp³-hybridized carbons (Fsp3) is 0.231. The molecular weight excluding hydrogens is 407 g/mol. The van der Waals surface area contributed by atoms with E-state index >= 15 is 0 Å². The Balaban J connectivity index is 1.72. The highest BCUT2D eigenvalue weighted by Gasteiger charge is 2.15. The Morgan fingerprint density at radius 1 is 1.09 bits per heavy atom. The number of nitrogens with two attached hydrogens (primary N) is 1. The molecule has 1 unspecified atom stereocenters. The molecule has 0 aromatic heterocycles. The molecule has 6 heteroatoms. The fourth-order valence-electron chi connectivity index (χ4n) is 3.47. The summed E-state index contributed by atoms with van der Waals surface area (Å²) in [7, 11) is 0. The molecule has 0 amide bonds. The van der Waals surface area contributed by atoms with E-state index in [9.17, 15) is 14.3 Å². The Morgan fingerprint density at radius 3 is 2.41 bits per heavy atom. The van der Waals surface area contributed by atoms with Crippen molar-refractivity contribution >= 4 is 11.6 Å². The molecule has 0 saturated heterocycles. The van der Waals surface area contributed by atoms with Crippen molar-refractivity contribution in [1.29, 1.82) is 5.41 Å². The van der Waals surface area contributed by atoms with E-state index in [1.54, 1.807) is 25.1 Å². The Morgan fingerprint density at radius 2 is 1.78 bits per heavy atom. The number of aliphatic hydroxyl groups is 1. The van der Waals surface area contributed by atoms with Gasteiger partial charge in [-0.1, -0.05) is 43.7 Å². The molecule has 0 aliphatic carbocycles. The average Bonchev–Trinajstić information content (AvgIpc) is 2.78. The van der Waals surface area contributed by atoms with Crippen molar-refractivity contribution in [3.63, 3.8) is 0 Å². The molecule has 0 bridgehead atoms. The zero-order chi connectivity index (χ0) is 23.3. The van der Waals surface area contributed by atoms with Crippen LogP contribution in [0, 0.1) is 11.2 Å². The van der Waals surface area contributed by atoms with Crippen LogP contribution in [0.1, 0.15) is 64.5 Å². The number of hydrogen-bond acceptors (Lipinski definition) is 4. The third-order valence-electron chi connectivity index (χ3n) is 5.27. The van der Waals surface area contributed by atoms with Crippen molar-refractivity contribution in [2.75, 3.05) is 0 Å². The van der Waals surface area contributed by atoms with Crippen LogP contribution in [0.5, 0.6) is 5.75 Å². The number of nitrogens with one attached hydrogen (secondary N) is 1. The van der Waals surface area contributed by atoms with Crippen LogP contribution in [0.3, 0.4) is 0 Å². The summed E-state index contributed by atoms with van der Waals surface area (Å²) in [6, 6.07) is 16.8. The number of hydrogen-bond donors (Lipinski definition) is 3. The first-order valence-electron chi connectivity index (χ1n) is 10.5. The Bertz CT molecular complexity index is 1130. The third kappa shape index (κ3) is 5.39. The average molecular weight is 435 g/mol. The molecule has 1 atom stereocenters. The maximum absolute atomic E-state index is 13.8. The van der Waals surface area contributed by atoms with E-state index in [2.05, 4.69) is 6.92 Å². The van der Waals surface area contributed by atoms with Gasteiger partial charge in [-0.2, -0.15) is 0 Å². The summed E-state index contributed by atoms with van der Waals surface area (Å²) in [6.07, 6.45) is 0.791. The van der Waals surface area contributed by atoms with Crippen LogP contribution in [-0.2, 0) is 13.0 Å². The lowest BCUT2D eigenvalue weighted by Crippen LogP contribution is -2.14. The number of ketones is 1. The SMILES string of the molecule is CCCc1cc(C(C)=O)ccc1OCc1ccc(C(O)c2ccc(F)c(C(=N)N)c2)cc1. The number of ether oxygens (including phenoxy) is 1. The first-order valence-corrected chi connectivity index (χ1v) is 10.5. The maximum atomic E-state index is 13.8. The van der Waals surface area contributed by atoms with Crippen LogP contribution >= 0.6 is 0 Å². The van der Waals surface area contributed by atoms with E-state index in [-0.39, 0.29) is 17.2 Å². The van der Waals surface area contributed by atoms with E-state index in [1.807, 2.05) is 24.3 Å². The highest BCUT2D eigenvalue weighted by atomic mass is 19.1. The van der Waals surface area contributed by atoms with Gasteiger partial charge in [0.05, 0.1) is 5.56 Å². The molecule has 0 radical (unpaired) electrons. The minimum Gasteiger partial charge on any atom is -0.489 e. The van der Waals surface area contributed by atoms with Crippen molar-refractivity contribution in [3.05, 3.63) is 99.9 Å². The molecule has 3 aromatic rings. The highest BCUT2D eigenvalue weighted by molar-refractivity contribution is 5.95. The van der Waals surface area contributed by atoms with Crippen molar-refractivity contribution in [1.82, 2.24) is 0 Å². The normalized spacial score (nSPS) is 11.8. The molecule has 0 heterocycles. The zero-order valence-corrected chi connectivity index (χ0v) is 18.2. The molecule has 166 valence electrons. The van der Waals surface area contributed by atoms with Crippen LogP contribution in [-0.4, -0.2) is 16.7 Å². The first-order chi connectivity index (χ1) is 15.3. The fourth-order valence-corrected chi connectivity index (χ4v) is 3.47. The molecule has 3 aromatic carbocycles. The van der Waals surface area contributed by atoms with Gasteiger partial charge in [0, 0.05) is 5.56 Å². The van der Waals surface area contributed by atoms with Crippen molar-refractivity contribution in [2.45, 2.75) is 39.4 Å². The van der Waals surface area contributed by atoms with Gasteiger partial charge < -0.3 is 15.6 Å².